The first kappa shape index (κ1) is 8.72. The van der Waals surface area contributed by atoms with Crippen LogP contribution < -0.4 is 5.56 Å². The molecule has 1 aromatic carbocycles. The van der Waals surface area contributed by atoms with Crippen LogP contribution in [0.1, 0.15) is 24.0 Å². The Morgan fingerprint density at radius 3 is 2.53 bits per heavy atom. The van der Waals surface area contributed by atoms with Gasteiger partial charge in [0.2, 0.25) is 5.56 Å². The van der Waals surface area contributed by atoms with Crippen molar-refractivity contribution < 1.29 is 0 Å². The summed E-state index contributed by atoms with van der Waals surface area (Å²) in [4.78, 5) is 14.1. The van der Waals surface area contributed by atoms with Gasteiger partial charge in [-0.15, -0.1) is 0 Å². The molecule has 0 aliphatic heterocycles. The first-order valence-corrected chi connectivity index (χ1v) is 5.48. The Labute approximate surface area is 87.9 Å². The molecule has 0 saturated heterocycles. The number of hydrogen-bond donors (Lipinski definition) is 1. The molecule has 0 amide bonds. The van der Waals surface area contributed by atoms with Crippen molar-refractivity contribution in [2.24, 2.45) is 0 Å². The van der Waals surface area contributed by atoms with Gasteiger partial charge < -0.3 is 4.98 Å². The summed E-state index contributed by atoms with van der Waals surface area (Å²) in [5.41, 5.74) is 3.83. The molecule has 0 spiro atoms. The van der Waals surface area contributed by atoms with Crippen LogP contribution >= 0.6 is 0 Å². The van der Waals surface area contributed by atoms with Gasteiger partial charge in [0.1, 0.15) is 0 Å². The van der Waals surface area contributed by atoms with Crippen LogP contribution in [0, 0.1) is 0 Å². The van der Waals surface area contributed by atoms with Gasteiger partial charge in [-0.1, -0.05) is 0 Å². The number of hydrogen-bond acceptors (Lipinski definition) is 1. The molecule has 15 heavy (non-hydrogen) atoms. The van der Waals surface area contributed by atoms with Crippen molar-refractivity contribution in [1.29, 1.82) is 0 Å². The summed E-state index contributed by atoms with van der Waals surface area (Å²) in [6.07, 6.45) is 4.91. The minimum Gasteiger partial charge on any atom is -0.322 e. The summed E-state index contributed by atoms with van der Waals surface area (Å²) in [6.45, 7) is 0. The molecule has 1 N–H and O–H groups in total. The number of benzene rings is 1. The molecule has 3 rings (SSSR count). The van der Waals surface area contributed by atoms with Gasteiger partial charge in [0.05, 0.1) is 0 Å². The van der Waals surface area contributed by atoms with E-state index in [0.29, 0.717) is 0 Å². The predicted molar refractivity (Wildman–Crippen MR) is 61.2 cm³/mol. The lowest BCUT2D eigenvalue weighted by atomic mass is 9.90. The Morgan fingerprint density at radius 2 is 1.73 bits per heavy atom. The molecule has 0 saturated carbocycles. The average Bonchev–Trinajstić information content (AvgIpc) is 2.26. The minimum absolute atomic E-state index is 0.0155. The zero-order valence-electron chi connectivity index (χ0n) is 8.55. The maximum atomic E-state index is 11.2. The fourth-order valence-electron chi connectivity index (χ4n) is 2.39. The molecule has 2 aromatic rings. The van der Waals surface area contributed by atoms with Gasteiger partial charge in [-0.25, -0.2) is 0 Å². The van der Waals surface area contributed by atoms with E-state index in [-0.39, 0.29) is 5.56 Å². The third-order valence-electron chi connectivity index (χ3n) is 3.19. The standard InChI is InChI=1S/C13H13NO/c15-13-6-5-11-7-9-3-1-2-4-10(9)8-12(11)14-13/h5-8H,1-4H2,(H,14,15). The topological polar surface area (TPSA) is 32.9 Å². The normalized spacial score (nSPS) is 15.2. The second kappa shape index (κ2) is 3.23. The van der Waals surface area contributed by atoms with Gasteiger partial charge in [-0.05, 0) is 60.4 Å². The Bertz CT molecular complexity index is 568. The van der Waals surface area contributed by atoms with E-state index >= 15 is 0 Å². The van der Waals surface area contributed by atoms with Crippen LogP contribution in [0.3, 0.4) is 0 Å². The van der Waals surface area contributed by atoms with Crippen molar-refractivity contribution in [3.8, 4) is 0 Å². The Morgan fingerprint density at radius 1 is 1.00 bits per heavy atom. The molecule has 76 valence electrons. The monoisotopic (exact) mass is 199 g/mol. The van der Waals surface area contributed by atoms with Gasteiger partial charge in [0, 0.05) is 11.6 Å². The quantitative estimate of drug-likeness (QED) is 0.694. The second-order valence-electron chi connectivity index (χ2n) is 4.24. The molecule has 0 unspecified atom stereocenters. The highest BCUT2D eigenvalue weighted by Gasteiger charge is 2.10. The van der Waals surface area contributed by atoms with E-state index in [4.69, 9.17) is 0 Å². The molecule has 0 bridgehead atoms. The summed E-state index contributed by atoms with van der Waals surface area (Å²) in [7, 11) is 0. The number of aromatic amines is 1. The number of aromatic nitrogens is 1. The van der Waals surface area contributed by atoms with Crippen molar-refractivity contribution in [2.75, 3.05) is 0 Å². The van der Waals surface area contributed by atoms with Gasteiger partial charge in [-0.2, -0.15) is 0 Å². The predicted octanol–water partition coefficient (Wildman–Crippen LogP) is 2.41. The largest absolute Gasteiger partial charge is 0.322 e. The van der Waals surface area contributed by atoms with E-state index in [9.17, 15) is 4.79 Å². The molecule has 0 radical (unpaired) electrons. The second-order valence-corrected chi connectivity index (χ2v) is 4.24. The molecule has 1 aliphatic rings. The minimum atomic E-state index is -0.0155. The van der Waals surface area contributed by atoms with E-state index in [0.717, 1.165) is 17.3 Å². The number of nitrogens with one attached hydrogen (secondary N) is 1. The highest BCUT2D eigenvalue weighted by atomic mass is 16.1. The van der Waals surface area contributed by atoms with Gasteiger partial charge in [0.25, 0.3) is 0 Å². The van der Waals surface area contributed by atoms with Crippen LogP contribution in [0.15, 0.2) is 29.1 Å². The van der Waals surface area contributed by atoms with Crippen LogP contribution in [0.4, 0.5) is 0 Å². The molecular formula is C13H13NO. The molecule has 0 fully saturated rings. The van der Waals surface area contributed by atoms with E-state index in [2.05, 4.69) is 17.1 Å². The molecular weight excluding hydrogens is 186 g/mol. The van der Waals surface area contributed by atoms with E-state index < -0.39 is 0 Å². The summed E-state index contributed by atoms with van der Waals surface area (Å²) in [5.74, 6) is 0. The number of pyridine rings is 1. The maximum Gasteiger partial charge on any atom is 0.248 e. The van der Waals surface area contributed by atoms with Gasteiger partial charge >= 0.3 is 0 Å². The molecule has 0 atom stereocenters. The molecule has 2 heteroatoms. The van der Waals surface area contributed by atoms with Crippen molar-refractivity contribution in [3.05, 3.63) is 45.7 Å². The summed E-state index contributed by atoms with van der Waals surface area (Å²) >= 11 is 0. The average molecular weight is 199 g/mol. The van der Waals surface area contributed by atoms with Crippen LogP contribution in [0.5, 0.6) is 0 Å². The summed E-state index contributed by atoms with van der Waals surface area (Å²) in [6, 6.07) is 7.87. The van der Waals surface area contributed by atoms with Crippen LogP contribution in [0.25, 0.3) is 10.9 Å². The van der Waals surface area contributed by atoms with Crippen LogP contribution in [0.2, 0.25) is 0 Å². The SMILES string of the molecule is O=c1ccc2cc3c(cc2[nH]1)CCCC3. The van der Waals surface area contributed by atoms with E-state index in [1.807, 2.05) is 6.07 Å². The maximum absolute atomic E-state index is 11.2. The lowest BCUT2D eigenvalue weighted by Crippen LogP contribution is -2.06. The zero-order valence-corrected chi connectivity index (χ0v) is 8.55. The van der Waals surface area contributed by atoms with Crippen LogP contribution in [-0.2, 0) is 12.8 Å². The molecule has 1 heterocycles. The number of aryl methyl sites for hydroxylation is 2. The number of fused-ring (bicyclic) bond motifs is 2. The highest BCUT2D eigenvalue weighted by molar-refractivity contribution is 5.80. The third kappa shape index (κ3) is 1.46. The van der Waals surface area contributed by atoms with E-state index in [1.165, 1.54) is 30.4 Å². The molecule has 1 aliphatic carbocycles. The summed E-state index contributed by atoms with van der Waals surface area (Å²) < 4.78 is 0. The van der Waals surface area contributed by atoms with Crippen molar-refractivity contribution in [3.63, 3.8) is 0 Å². The van der Waals surface area contributed by atoms with Crippen molar-refractivity contribution >= 4 is 10.9 Å². The highest BCUT2D eigenvalue weighted by Crippen LogP contribution is 2.24. The molecule has 2 nitrogen and oxygen atoms in total. The third-order valence-corrected chi connectivity index (χ3v) is 3.19. The first-order valence-electron chi connectivity index (χ1n) is 5.48. The number of rotatable bonds is 0. The zero-order chi connectivity index (χ0) is 10.3. The van der Waals surface area contributed by atoms with Crippen molar-refractivity contribution in [2.45, 2.75) is 25.7 Å². The van der Waals surface area contributed by atoms with Crippen LogP contribution in [-0.4, -0.2) is 4.98 Å². The molecule has 1 aromatic heterocycles. The summed E-state index contributed by atoms with van der Waals surface area (Å²) in [5, 5.41) is 1.15. The van der Waals surface area contributed by atoms with E-state index in [1.54, 1.807) is 6.07 Å². The Kier molecular flexibility index (Phi) is 1.88. The Balaban J connectivity index is 2.30. The smallest absolute Gasteiger partial charge is 0.248 e. The Hall–Kier alpha value is -1.57. The lowest BCUT2D eigenvalue weighted by molar-refractivity contribution is 0.687. The van der Waals surface area contributed by atoms with Gasteiger partial charge in [0.15, 0.2) is 0 Å². The number of H-pyrrole nitrogens is 1. The lowest BCUT2D eigenvalue weighted by Gasteiger charge is -2.16. The first-order chi connectivity index (χ1) is 7.33. The van der Waals surface area contributed by atoms with Gasteiger partial charge in [-0.3, -0.25) is 4.79 Å². The fourth-order valence-corrected chi connectivity index (χ4v) is 2.39. The van der Waals surface area contributed by atoms with Crippen molar-refractivity contribution in [1.82, 2.24) is 4.98 Å². The fraction of sp³-hybridized carbons (Fsp3) is 0.308.